The van der Waals surface area contributed by atoms with Gasteiger partial charge in [-0.3, -0.25) is 0 Å². The highest BCUT2D eigenvalue weighted by molar-refractivity contribution is 5.58. The molecule has 0 aliphatic carbocycles. The van der Waals surface area contributed by atoms with Gasteiger partial charge in [-0.1, -0.05) is 6.07 Å². The minimum Gasteiger partial charge on any atom is -0.459 e. The molecule has 0 atom stereocenters. The summed E-state index contributed by atoms with van der Waals surface area (Å²) < 4.78 is 5.03. The molecule has 0 bridgehead atoms. The lowest BCUT2D eigenvalue weighted by atomic mass is 10.1. The van der Waals surface area contributed by atoms with Crippen LogP contribution in [0.2, 0.25) is 0 Å². The number of rotatable bonds is 1. The molecule has 0 radical (unpaired) electrons. The van der Waals surface area contributed by atoms with Gasteiger partial charge in [0.1, 0.15) is 0 Å². The van der Waals surface area contributed by atoms with Crippen molar-refractivity contribution >= 4 is 12.1 Å². The van der Waals surface area contributed by atoms with Crippen molar-refractivity contribution < 1.29 is 4.74 Å². The molecule has 68 valence electrons. The Morgan fingerprint density at radius 2 is 1.92 bits per heavy atom. The zero-order chi connectivity index (χ0) is 9.26. The van der Waals surface area contributed by atoms with Crippen LogP contribution in [0.4, 0.5) is 5.69 Å². The Hall–Kier alpha value is -1.51. The highest BCUT2D eigenvalue weighted by atomic mass is 16.5. The average molecular weight is 176 g/mol. The Kier molecular flexibility index (Phi) is 1.93. The topological polar surface area (TPSA) is 24.8 Å². The predicted octanol–water partition coefficient (Wildman–Crippen LogP) is 2.04. The molecule has 3 nitrogen and oxygen atoms in total. The van der Waals surface area contributed by atoms with Gasteiger partial charge in [-0.25, -0.2) is 5.01 Å². The van der Waals surface area contributed by atoms with Crippen LogP contribution in [0.1, 0.15) is 11.1 Å². The summed E-state index contributed by atoms with van der Waals surface area (Å²) in [4.78, 5) is 0. The highest BCUT2D eigenvalue weighted by Gasteiger charge is 2.09. The van der Waals surface area contributed by atoms with Crippen molar-refractivity contribution in [2.45, 2.75) is 13.8 Å². The summed E-state index contributed by atoms with van der Waals surface area (Å²) in [6.07, 6.45) is 1.47. The van der Waals surface area contributed by atoms with E-state index in [0.29, 0.717) is 6.73 Å². The van der Waals surface area contributed by atoms with E-state index in [1.54, 1.807) is 0 Å². The third-order valence-corrected chi connectivity index (χ3v) is 1.96. The molecule has 1 heterocycles. The largest absolute Gasteiger partial charge is 0.459 e. The number of nitrogens with zero attached hydrogens (tertiary/aromatic N) is 2. The Morgan fingerprint density at radius 3 is 2.46 bits per heavy atom. The van der Waals surface area contributed by atoms with Crippen molar-refractivity contribution in [2.24, 2.45) is 5.10 Å². The van der Waals surface area contributed by atoms with Crippen LogP contribution in [0.25, 0.3) is 0 Å². The summed E-state index contributed by atoms with van der Waals surface area (Å²) in [6.45, 7) is 4.68. The third-order valence-electron chi connectivity index (χ3n) is 1.96. The van der Waals surface area contributed by atoms with Gasteiger partial charge in [0.15, 0.2) is 13.1 Å². The first kappa shape index (κ1) is 8.10. The Morgan fingerprint density at radius 1 is 1.23 bits per heavy atom. The van der Waals surface area contributed by atoms with Crippen molar-refractivity contribution in [3.63, 3.8) is 0 Å². The predicted molar refractivity (Wildman–Crippen MR) is 52.8 cm³/mol. The third kappa shape index (κ3) is 1.64. The van der Waals surface area contributed by atoms with Crippen LogP contribution in [-0.4, -0.2) is 13.1 Å². The van der Waals surface area contributed by atoms with E-state index in [9.17, 15) is 0 Å². The minimum atomic E-state index is 0.517. The Balaban J connectivity index is 2.34. The first-order valence-corrected chi connectivity index (χ1v) is 4.25. The number of anilines is 1. The van der Waals surface area contributed by atoms with E-state index >= 15 is 0 Å². The van der Waals surface area contributed by atoms with Crippen LogP contribution in [0.5, 0.6) is 0 Å². The number of hydrogen-bond donors (Lipinski definition) is 0. The zero-order valence-electron chi connectivity index (χ0n) is 7.82. The Bertz CT molecular complexity index is 327. The molecular formula is C10H12N2O. The SMILES string of the molecule is Cc1cc(C)cc(N2COC=N2)c1. The van der Waals surface area contributed by atoms with E-state index in [-0.39, 0.29) is 0 Å². The molecule has 0 amide bonds. The van der Waals surface area contributed by atoms with E-state index in [1.165, 1.54) is 17.5 Å². The molecule has 0 unspecified atom stereocenters. The molecular weight excluding hydrogens is 164 g/mol. The molecule has 0 saturated carbocycles. The second-order valence-corrected chi connectivity index (χ2v) is 3.26. The second-order valence-electron chi connectivity index (χ2n) is 3.26. The van der Waals surface area contributed by atoms with Gasteiger partial charge in [0.2, 0.25) is 0 Å². The van der Waals surface area contributed by atoms with Gasteiger partial charge in [-0.2, -0.15) is 0 Å². The normalized spacial score (nSPS) is 14.8. The molecule has 1 aliphatic rings. The van der Waals surface area contributed by atoms with E-state index in [1.807, 2.05) is 5.01 Å². The molecule has 3 heteroatoms. The van der Waals surface area contributed by atoms with Gasteiger partial charge in [-0.15, -0.1) is 5.10 Å². The van der Waals surface area contributed by atoms with Crippen molar-refractivity contribution in [3.8, 4) is 0 Å². The number of aryl methyl sites for hydroxylation is 2. The van der Waals surface area contributed by atoms with Crippen LogP contribution in [0.15, 0.2) is 23.3 Å². The molecule has 0 N–H and O–H groups in total. The van der Waals surface area contributed by atoms with Gasteiger partial charge in [0, 0.05) is 0 Å². The fraction of sp³-hybridized carbons (Fsp3) is 0.300. The summed E-state index contributed by atoms with van der Waals surface area (Å²) in [5.41, 5.74) is 3.58. The van der Waals surface area contributed by atoms with Crippen molar-refractivity contribution in [3.05, 3.63) is 29.3 Å². The van der Waals surface area contributed by atoms with Crippen molar-refractivity contribution in [1.29, 1.82) is 0 Å². The summed E-state index contributed by atoms with van der Waals surface area (Å²) >= 11 is 0. The first-order chi connectivity index (χ1) is 6.25. The first-order valence-electron chi connectivity index (χ1n) is 4.25. The van der Waals surface area contributed by atoms with Crippen LogP contribution in [0, 0.1) is 13.8 Å². The van der Waals surface area contributed by atoms with Gasteiger partial charge in [0.25, 0.3) is 0 Å². The van der Waals surface area contributed by atoms with E-state index in [4.69, 9.17) is 4.74 Å². The average Bonchev–Trinajstić information content (AvgIpc) is 2.53. The van der Waals surface area contributed by atoms with Gasteiger partial charge in [0.05, 0.1) is 5.69 Å². The van der Waals surface area contributed by atoms with Crippen LogP contribution >= 0.6 is 0 Å². The standard InChI is InChI=1S/C10H12N2O/c1-8-3-9(2)5-10(4-8)12-7-13-6-11-12/h3-6H,7H2,1-2H3. The molecule has 1 aromatic carbocycles. The number of hydrazone groups is 1. The lowest BCUT2D eigenvalue weighted by Gasteiger charge is -2.12. The monoisotopic (exact) mass is 176 g/mol. The van der Waals surface area contributed by atoms with Gasteiger partial charge < -0.3 is 4.74 Å². The maximum atomic E-state index is 5.03. The smallest absolute Gasteiger partial charge is 0.195 e. The molecule has 1 aromatic rings. The lowest BCUT2D eigenvalue weighted by Crippen LogP contribution is -2.12. The van der Waals surface area contributed by atoms with Gasteiger partial charge in [-0.05, 0) is 37.1 Å². The fourth-order valence-electron chi connectivity index (χ4n) is 1.47. The number of ether oxygens (including phenoxy) is 1. The van der Waals surface area contributed by atoms with Crippen LogP contribution in [0.3, 0.4) is 0 Å². The maximum absolute atomic E-state index is 5.03. The van der Waals surface area contributed by atoms with E-state index in [2.05, 4.69) is 37.1 Å². The minimum absolute atomic E-state index is 0.517. The zero-order valence-corrected chi connectivity index (χ0v) is 7.82. The highest BCUT2D eigenvalue weighted by Crippen LogP contribution is 2.20. The summed E-state index contributed by atoms with van der Waals surface area (Å²) in [5, 5.41) is 5.91. The van der Waals surface area contributed by atoms with Crippen LogP contribution in [-0.2, 0) is 4.74 Å². The maximum Gasteiger partial charge on any atom is 0.195 e. The molecule has 1 aliphatic heterocycles. The Labute approximate surface area is 77.6 Å². The quantitative estimate of drug-likeness (QED) is 0.654. The molecule has 0 spiro atoms. The molecule has 13 heavy (non-hydrogen) atoms. The molecule has 0 fully saturated rings. The molecule has 2 rings (SSSR count). The lowest BCUT2D eigenvalue weighted by molar-refractivity contribution is 0.350. The fourth-order valence-corrected chi connectivity index (χ4v) is 1.47. The van der Waals surface area contributed by atoms with Crippen molar-refractivity contribution in [1.82, 2.24) is 0 Å². The molecule has 0 saturated heterocycles. The summed E-state index contributed by atoms with van der Waals surface area (Å²) in [7, 11) is 0. The van der Waals surface area contributed by atoms with Crippen molar-refractivity contribution in [2.75, 3.05) is 11.7 Å². The number of benzene rings is 1. The molecule has 0 aromatic heterocycles. The van der Waals surface area contributed by atoms with E-state index in [0.717, 1.165) is 5.69 Å². The van der Waals surface area contributed by atoms with E-state index < -0.39 is 0 Å². The van der Waals surface area contributed by atoms with Gasteiger partial charge >= 0.3 is 0 Å². The summed E-state index contributed by atoms with van der Waals surface area (Å²) in [6, 6.07) is 6.34. The van der Waals surface area contributed by atoms with Crippen LogP contribution < -0.4 is 5.01 Å². The summed E-state index contributed by atoms with van der Waals surface area (Å²) in [5.74, 6) is 0. The number of hydrogen-bond acceptors (Lipinski definition) is 3. The second kappa shape index (κ2) is 3.09.